The van der Waals surface area contributed by atoms with Crippen LogP contribution in [0.3, 0.4) is 0 Å². The number of hydrogen-bond acceptors (Lipinski definition) is 8. The van der Waals surface area contributed by atoms with E-state index >= 15 is 0 Å². The fourth-order valence-corrected chi connectivity index (χ4v) is 0. The summed E-state index contributed by atoms with van der Waals surface area (Å²) >= 11 is 0. The van der Waals surface area contributed by atoms with Crippen molar-refractivity contribution in [1.29, 1.82) is 5.46 Å². The summed E-state index contributed by atoms with van der Waals surface area (Å²) in [6, 6.07) is 0. The first-order valence-corrected chi connectivity index (χ1v) is 0.913. The molecule has 12 heteroatoms. The van der Waals surface area contributed by atoms with E-state index in [1.165, 1.54) is 0 Å². The summed E-state index contributed by atoms with van der Waals surface area (Å²) in [5.41, 5.74) is 5.75. The molecule has 0 aliphatic rings. The minimum absolute atomic E-state index is 0. The van der Waals surface area contributed by atoms with Gasteiger partial charge >= 0.3 is 29.7 Å². The third kappa shape index (κ3) is 541. The Hall–Kier alpha value is -1.03. The van der Waals surface area contributed by atoms with Crippen LogP contribution in [0, 0.1) is 25.7 Å². The smallest absolute Gasteiger partial charge is 0.870 e. The van der Waals surface area contributed by atoms with Crippen LogP contribution >= 0.6 is 0 Å². The van der Waals surface area contributed by atoms with Gasteiger partial charge in [-0.05, 0) is 0 Å². The fourth-order valence-electron chi connectivity index (χ4n) is 0. The first-order chi connectivity index (χ1) is 3.83. The van der Waals surface area contributed by atoms with E-state index in [0.29, 0.717) is 0 Å². The summed E-state index contributed by atoms with van der Waals surface area (Å²) in [6.07, 6.45) is 0. The molecule has 0 aromatic rings. The largest absolute Gasteiger partial charge is 2.00 e. The molecule has 0 radical (unpaired) electrons. The van der Waals surface area contributed by atoms with Gasteiger partial charge in [0.2, 0.25) is 0 Å². The number of nitrogens with two attached hydrogens (primary N) is 2. The Morgan fingerprint density at radius 2 is 1.00 bits per heavy atom. The van der Waals surface area contributed by atoms with Crippen molar-refractivity contribution in [1.82, 2.24) is 0 Å². The second-order valence-electron chi connectivity index (χ2n) is 0.149. The van der Waals surface area contributed by atoms with E-state index in [4.69, 9.17) is 30.5 Å². The van der Waals surface area contributed by atoms with E-state index in [2.05, 4.69) is 0 Å². The molecule has 0 aliphatic heterocycles. The molecule has 11 nitrogen and oxygen atoms in total. The standard InChI is InChI=1S/2HNO2.NO.2H2N.H2O.Ru/c2*2-1-3;1-2;;;;/h2*(H,2,3);;3*1H2;/q;;+1;2*-1;;+2/p-3. The van der Waals surface area contributed by atoms with Crippen LogP contribution in [0.25, 0.3) is 12.3 Å². The molecule has 0 heterocycles. The van der Waals surface area contributed by atoms with Gasteiger partial charge in [-0.1, -0.05) is 0 Å². The zero-order valence-corrected chi connectivity index (χ0v) is 7.08. The van der Waals surface area contributed by atoms with Crippen LogP contribution in [0.2, 0.25) is 0 Å². The van der Waals surface area contributed by atoms with E-state index in [9.17, 15) is 0 Å². The van der Waals surface area contributed by atoms with E-state index in [1.807, 2.05) is 0 Å². The summed E-state index contributed by atoms with van der Waals surface area (Å²) in [5, 5.41) is 18.0. The Labute approximate surface area is 79.1 Å². The summed E-state index contributed by atoms with van der Waals surface area (Å²) in [6.45, 7) is 0. The molecule has 5 N–H and O–H groups in total. The van der Waals surface area contributed by atoms with Crippen LogP contribution in [-0.2, 0) is 24.3 Å². The van der Waals surface area contributed by atoms with Crippen molar-refractivity contribution in [2.24, 2.45) is 10.7 Å². The predicted octanol–water partition coefficient (Wildman–Crippen LogP) is 1.65. The van der Waals surface area contributed by atoms with Gasteiger partial charge in [0.15, 0.2) is 0 Å². The van der Waals surface area contributed by atoms with Crippen LogP contribution in [0.4, 0.5) is 0 Å². The second-order valence-corrected chi connectivity index (χ2v) is 0.149. The fraction of sp³-hybridized carbons (Fsp3) is 0. The molecule has 0 saturated heterocycles. The monoisotopic (exact) mass is 273 g/mol. The second kappa shape index (κ2) is 848. The molecule has 0 saturated carbocycles. The van der Waals surface area contributed by atoms with Gasteiger partial charge in [-0.3, -0.25) is 0 Å². The Morgan fingerprint density at radius 1 is 1.00 bits per heavy atom. The van der Waals surface area contributed by atoms with E-state index in [-0.39, 0.29) is 37.3 Å². The first kappa shape index (κ1) is 69.1. The molecule has 0 spiro atoms. The predicted molar refractivity (Wildman–Crippen MR) is 33.2 cm³/mol. The summed E-state index contributed by atoms with van der Waals surface area (Å²) < 4.78 is 7.25. The average Bonchev–Trinajstić information content (AvgIpc) is 1.75. The molecule has 12 heavy (non-hydrogen) atoms. The SMILES string of the molecule is N#[O+].O=N[O-].O=N[O-].[NH2-].[NH2-].[OH-].[Ru+2]. The topological polar surface area (TPSA) is 246 Å². The maximum absolute atomic E-state index is 8.00. The molecule has 76 valence electrons. The minimum atomic E-state index is 0. The molecule has 0 bridgehead atoms. The Kier molecular flexibility index (Phi) is 4880. The maximum Gasteiger partial charge on any atom is 2.00 e. The van der Waals surface area contributed by atoms with E-state index in [1.54, 1.807) is 0 Å². The third-order valence-corrected chi connectivity index (χ3v) is 0. The molecule has 0 fully saturated rings. The van der Waals surface area contributed by atoms with Gasteiger partial charge in [-0.2, -0.15) is 0 Å². The van der Waals surface area contributed by atoms with Crippen LogP contribution in [0.5, 0.6) is 0 Å². The van der Waals surface area contributed by atoms with Crippen LogP contribution < -0.4 is 0 Å². The molecule has 0 rings (SSSR count). The van der Waals surface area contributed by atoms with Crippen molar-refractivity contribution in [3.8, 4) is 0 Å². The zero-order chi connectivity index (χ0) is 7.41. The first-order valence-electron chi connectivity index (χ1n) is 0.913. The quantitative estimate of drug-likeness (QED) is 0.274. The van der Waals surface area contributed by atoms with Crippen molar-refractivity contribution in [2.45, 2.75) is 0 Å². The van der Waals surface area contributed by atoms with E-state index in [0.717, 1.165) is 10.7 Å². The maximum atomic E-state index is 8.00. The molecule has 0 unspecified atom stereocenters. The third-order valence-electron chi connectivity index (χ3n) is 0. The van der Waals surface area contributed by atoms with Crippen molar-refractivity contribution >= 4 is 0 Å². The van der Waals surface area contributed by atoms with Gasteiger partial charge in [-0.15, -0.1) is 10.7 Å². The van der Waals surface area contributed by atoms with Crippen molar-refractivity contribution in [2.75, 3.05) is 0 Å². The van der Waals surface area contributed by atoms with Crippen LogP contribution in [0.1, 0.15) is 0 Å². The van der Waals surface area contributed by atoms with Gasteiger partial charge in [-0.25, -0.2) is 0 Å². The summed E-state index contributed by atoms with van der Waals surface area (Å²) in [7, 11) is 0. The zero-order valence-electron chi connectivity index (χ0n) is 5.34. The minimum Gasteiger partial charge on any atom is -0.870 e. The molecular formula is H5N5O6Ru-2. The van der Waals surface area contributed by atoms with Gasteiger partial charge in [0.05, 0.1) is 0 Å². The summed E-state index contributed by atoms with van der Waals surface area (Å²) in [5.74, 6) is 0. The van der Waals surface area contributed by atoms with E-state index < -0.39 is 0 Å². The molecule has 0 aromatic heterocycles. The molecule has 0 aromatic carbocycles. The van der Waals surface area contributed by atoms with Crippen LogP contribution in [0.15, 0.2) is 10.7 Å². The number of nitrogens with zero attached hydrogens (tertiary/aromatic N) is 3. The van der Waals surface area contributed by atoms with Gasteiger partial charge < -0.3 is 38.0 Å². The van der Waals surface area contributed by atoms with Gasteiger partial charge in [0, 0.05) is 0 Å². The number of hydrogen-bond donors (Lipinski definition) is 0. The molecule has 0 aliphatic carbocycles. The normalized spacial score (nSPS) is 2.17. The van der Waals surface area contributed by atoms with Gasteiger partial charge in [0.1, 0.15) is 0 Å². The molecule has 0 amide bonds. The van der Waals surface area contributed by atoms with Crippen molar-refractivity contribution in [3.63, 3.8) is 0 Å². The number of rotatable bonds is 0. The molecule has 0 atom stereocenters. The van der Waals surface area contributed by atoms with Gasteiger partial charge in [0.25, 0.3) is 0 Å². The van der Waals surface area contributed by atoms with Crippen molar-refractivity contribution in [3.05, 3.63) is 32.5 Å². The Balaban J connectivity index is -0.00000000544. The summed E-state index contributed by atoms with van der Waals surface area (Å²) in [4.78, 5) is 16.0. The Morgan fingerprint density at radius 3 is 1.00 bits per heavy atom. The van der Waals surface area contributed by atoms with Crippen LogP contribution in [-0.4, -0.2) is 5.48 Å². The Bertz CT molecular complexity index is 58.2. The molecular weight excluding hydrogens is 267 g/mol. The van der Waals surface area contributed by atoms with Crippen molar-refractivity contribution < 1.29 is 29.7 Å². The average molecular weight is 272 g/mol.